The summed E-state index contributed by atoms with van der Waals surface area (Å²) >= 11 is 1.36. The summed E-state index contributed by atoms with van der Waals surface area (Å²) < 4.78 is 15.0. The number of nitrogens with two attached hydrogens (primary N) is 1. The van der Waals surface area contributed by atoms with Crippen LogP contribution in [-0.4, -0.2) is 36.1 Å². The fourth-order valence-corrected chi connectivity index (χ4v) is 2.10. The third-order valence-corrected chi connectivity index (χ3v) is 3.44. The summed E-state index contributed by atoms with van der Waals surface area (Å²) in [4.78, 5) is 19.9. The van der Waals surface area contributed by atoms with E-state index in [1.165, 1.54) is 18.0 Å². The molecule has 2 aromatic rings. The number of rotatable bonds is 6. The summed E-state index contributed by atoms with van der Waals surface area (Å²) in [6.45, 7) is 1.89. The van der Waals surface area contributed by atoms with Gasteiger partial charge >= 0.3 is 6.16 Å². The number of thioether (sulfide) groups is 1. The van der Waals surface area contributed by atoms with Crippen molar-refractivity contribution in [2.45, 2.75) is 12.1 Å². The first-order valence-corrected chi connectivity index (χ1v) is 8.26. The van der Waals surface area contributed by atoms with Crippen LogP contribution in [0.2, 0.25) is 0 Å². The van der Waals surface area contributed by atoms with Gasteiger partial charge in [0.1, 0.15) is 5.75 Å². The van der Waals surface area contributed by atoms with E-state index in [0.717, 1.165) is 0 Å². The fraction of sp³-hybridized carbons (Fsp3) is 0.267. The number of nitrogens with one attached hydrogen (secondary N) is 1. The molecule has 0 saturated carbocycles. The third-order valence-electron chi connectivity index (χ3n) is 2.88. The monoisotopic (exact) mass is 350 g/mol. The lowest BCUT2D eigenvalue weighted by atomic mass is 10.2. The smallest absolute Gasteiger partial charge is 0.497 e. The zero-order chi connectivity index (χ0) is 17.5. The minimum Gasteiger partial charge on any atom is -0.497 e. The lowest BCUT2D eigenvalue weighted by Crippen LogP contribution is -2.12. The maximum absolute atomic E-state index is 11.5. The number of hydrogen-bond acceptors (Lipinski definition) is 9. The second kappa shape index (κ2) is 8.25. The first kappa shape index (κ1) is 17.7. The van der Waals surface area contributed by atoms with E-state index < -0.39 is 6.16 Å². The molecule has 8 nitrogen and oxygen atoms in total. The summed E-state index contributed by atoms with van der Waals surface area (Å²) in [6, 6.07) is 5.16. The predicted molar refractivity (Wildman–Crippen MR) is 92.2 cm³/mol. The van der Waals surface area contributed by atoms with E-state index >= 15 is 0 Å². The maximum Gasteiger partial charge on any atom is 0.514 e. The van der Waals surface area contributed by atoms with Crippen LogP contribution in [0.25, 0.3) is 0 Å². The molecule has 0 radical (unpaired) electrons. The van der Waals surface area contributed by atoms with Gasteiger partial charge in [0.2, 0.25) is 0 Å². The lowest BCUT2D eigenvalue weighted by Gasteiger charge is -2.13. The zero-order valence-electron chi connectivity index (χ0n) is 13.5. The van der Waals surface area contributed by atoms with Gasteiger partial charge in [0.05, 0.1) is 31.3 Å². The van der Waals surface area contributed by atoms with Gasteiger partial charge in [-0.3, -0.25) is 0 Å². The van der Waals surface area contributed by atoms with Crippen LogP contribution in [0.4, 0.5) is 22.0 Å². The number of carbonyl (C=O) groups is 1. The van der Waals surface area contributed by atoms with Crippen molar-refractivity contribution in [2.75, 3.05) is 31.0 Å². The molecule has 0 fully saturated rings. The number of carbonyl (C=O) groups excluding carboxylic acids is 1. The van der Waals surface area contributed by atoms with Crippen LogP contribution in [0, 0.1) is 0 Å². The van der Waals surface area contributed by atoms with Crippen molar-refractivity contribution in [3.8, 4) is 11.5 Å². The molecule has 1 aromatic carbocycles. The third kappa shape index (κ3) is 4.42. The molecule has 0 aliphatic heterocycles. The summed E-state index contributed by atoms with van der Waals surface area (Å²) in [5.74, 6) is 1.08. The van der Waals surface area contributed by atoms with Crippen LogP contribution < -0.4 is 20.5 Å². The Morgan fingerprint density at radius 2 is 2.21 bits per heavy atom. The number of aromatic nitrogens is 2. The first-order chi connectivity index (χ1) is 11.6. The van der Waals surface area contributed by atoms with Crippen LogP contribution in [0.3, 0.4) is 0 Å². The van der Waals surface area contributed by atoms with Crippen LogP contribution >= 0.6 is 11.8 Å². The highest BCUT2D eigenvalue weighted by molar-refractivity contribution is 7.98. The molecule has 1 heterocycles. The molecule has 0 atom stereocenters. The highest BCUT2D eigenvalue weighted by Gasteiger charge is 2.15. The number of anilines is 3. The topological polar surface area (TPSA) is 109 Å². The number of ether oxygens (including phenoxy) is 3. The van der Waals surface area contributed by atoms with Crippen molar-refractivity contribution in [1.82, 2.24) is 9.97 Å². The van der Waals surface area contributed by atoms with Gasteiger partial charge < -0.3 is 25.3 Å². The second-order valence-electron chi connectivity index (χ2n) is 4.43. The summed E-state index contributed by atoms with van der Waals surface area (Å²) in [5, 5.41) is 3.55. The number of nitrogen functional groups attached to an aromatic ring is 1. The van der Waals surface area contributed by atoms with Crippen LogP contribution in [0.5, 0.6) is 11.5 Å². The minimum absolute atomic E-state index is 0.140. The highest BCUT2D eigenvalue weighted by atomic mass is 32.2. The van der Waals surface area contributed by atoms with Gasteiger partial charge in [-0.2, -0.15) is 0 Å². The Balaban J connectivity index is 2.31. The molecule has 9 heteroatoms. The largest absolute Gasteiger partial charge is 0.514 e. The quantitative estimate of drug-likeness (QED) is 0.351. The number of hydrogen-bond donors (Lipinski definition) is 2. The second-order valence-corrected chi connectivity index (χ2v) is 5.21. The molecule has 24 heavy (non-hydrogen) atoms. The van der Waals surface area contributed by atoms with Crippen molar-refractivity contribution in [1.29, 1.82) is 0 Å². The Bertz CT molecular complexity index is 727. The molecule has 0 aliphatic rings. The van der Waals surface area contributed by atoms with E-state index in [0.29, 0.717) is 28.1 Å². The number of methoxy groups -OCH3 is 1. The average Bonchev–Trinajstić information content (AvgIpc) is 2.58. The Morgan fingerprint density at radius 1 is 1.42 bits per heavy atom. The van der Waals surface area contributed by atoms with Crippen molar-refractivity contribution in [3.63, 3.8) is 0 Å². The van der Waals surface area contributed by atoms with Crippen LogP contribution in [-0.2, 0) is 4.74 Å². The molecule has 0 bridgehead atoms. The molecule has 1 aromatic heterocycles. The van der Waals surface area contributed by atoms with Gasteiger partial charge in [0, 0.05) is 6.07 Å². The van der Waals surface area contributed by atoms with Gasteiger partial charge in [0.25, 0.3) is 0 Å². The minimum atomic E-state index is -0.830. The lowest BCUT2D eigenvalue weighted by molar-refractivity contribution is 0.104. The van der Waals surface area contributed by atoms with Crippen LogP contribution in [0.1, 0.15) is 6.92 Å². The molecule has 0 unspecified atom stereocenters. The van der Waals surface area contributed by atoms with Gasteiger partial charge in [-0.15, -0.1) is 0 Å². The predicted octanol–water partition coefficient (Wildman–Crippen LogP) is 3.07. The first-order valence-electron chi connectivity index (χ1n) is 7.03. The van der Waals surface area contributed by atoms with E-state index in [9.17, 15) is 4.79 Å². The van der Waals surface area contributed by atoms with Crippen molar-refractivity contribution >= 4 is 35.1 Å². The zero-order valence-corrected chi connectivity index (χ0v) is 14.3. The van der Waals surface area contributed by atoms with E-state index in [4.69, 9.17) is 19.9 Å². The maximum atomic E-state index is 11.5. The van der Waals surface area contributed by atoms with E-state index in [1.54, 1.807) is 32.2 Å². The van der Waals surface area contributed by atoms with Crippen LogP contribution in [0.15, 0.2) is 29.6 Å². The standard InChI is InChI=1S/C15H18N4O4S/c1-4-22-15(20)23-12-8-17-14(24-3)19-13(12)18-11-6-5-9(21-2)7-10(11)16/h5-8H,4,16H2,1-3H3,(H,17,18,19). The molecule has 0 spiro atoms. The van der Waals surface area contributed by atoms with Crippen molar-refractivity contribution < 1.29 is 19.0 Å². The molecule has 0 aliphatic carbocycles. The molecular formula is C15H18N4O4S. The average molecular weight is 350 g/mol. The molecule has 128 valence electrons. The fourth-order valence-electron chi connectivity index (χ4n) is 1.76. The Morgan fingerprint density at radius 3 is 2.83 bits per heavy atom. The highest BCUT2D eigenvalue weighted by Crippen LogP contribution is 2.31. The summed E-state index contributed by atoms with van der Waals surface area (Å²) in [6.07, 6.45) is 2.41. The van der Waals surface area contributed by atoms with Gasteiger partial charge in [-0.25, -0.2) is 14.8 Å². The normalized spacial score (nSPS) is 10.1. The summed E-state index contributed by atoms with van der Waals surface area (Å²) in [5.41, 5.74) is 7.04. The number of benzene rings is 1. The van der Waals surface area contributed by atoms with E-state index in [-0.39, 0.29) is 12.4 Å². The van der Waals surface area contributed by atoms with Gasteiger partial charge in [-0.05, 0) is 25.3 Å². The molecule has 3 N–H and O–H groups in total. The molecule has 2 rings (SSSR count). The SMILES string of the molecule is CCOC(=O)Oc1cnc(SC)nc1Nc1ccc(OC)cc1N. The van der Waals surface area contributed by atoms with Gasteiger partial charge in [0.15, 0.2) is 16.7 Å². The Hall–Kier alpha value is -2.68. The summed E-state index contributed by atoms with van der Waals surface area (Å²) in [7, 11) is 1.56. The Kier molecular flexibility index (Phi) is 6.07. The van der Waals surface area contributed by atoms with Crippen molar-refractivity contribution in [2.24, 2.45) is 0 Å². The van der Waals surface area contributed by atoms with E-state index in [2.05, 4.69) is 15.3 Å². The Labute approximate surface area is 143 Å². The molecular weight excluding hydrogens is 332 g/mol. The van der Waals surface area contributed by atoms with Crippen molar-refractivity contribution in [3.05, 3.63) is 24.4 Å². The van der Waals surface area contributed by atoms with E-state index in [1.807, 2.05) is 6.26 Å². The number of nitrogens with zero attached hydrogens (tertiary/aromatic N) is 2. The van der Waals surface area contributed by atoms with Gasteiger partial charge in [-0.1, -0.05) is 11.8 Å². The molecule has 0 amide bonds. The molecule has 0 saturated heterocycles.